The Kier molecular flexibility index (Phi) is 4.86. The van der Waals surface area contributed by atoms with Gasteiger partial charge in [0.2, 0.25) is 0 Å². The van der Waals surface area contributed by atoms with Crippen molar-refractivity contribution in [1.82, 2.24) is 10.3 Å². The summed E-state index contributed by atoms with van der Waals surface area (Å²) in [6, 6.07) is 13.3. The Hall–Kier alpha value is -4.17. The fraction of sp³-hybridized carbons (Fsp3) is 0.222. The minimum absolute atomic E-state index is 0.0564. The molecule has 3 N–H and O–H groups in total. The van der Waals surface area contributed by atoms with E-state index >= 15 is 0 Å². The molecule has 1 fully saturated rings. The number of anilines is 2. The molecule has 0 radical (unpaired) electrons. The first-order chi connectivity index (χ1) is 16.9. The number of nitrogens with zero attached hydrogens (tertiary/aromatic N) is 2. The number of nitrogens with one attached hydrogen (secondary N) is 1. The third-order valence-electron chi connectivity index (χ3n) is 6.76. The van der Waals surface area contributed by atoms with E-state index in [2.05, 4.69) is 10.3 Å². The molecule has 1 aliphatic rings. The fourth-order valence-corrected chi connectivity index (χ4v) is 4.99. The van der Waals surface area contributed by atoms with Crippen LogP contribution in [0.3, 0.4) is 0 Å². The van der Waals surface area contributed by atoms with Crippen LogP contribution in [0, 0.1) is 13.8 Å². The first-order valence-electron chi connectivity index (χ1n) is 11.5. The number of fused-ring (bicyclic) bond motifs is 8. The van der Waals surface area contributed by atoms with Crippen LogP contribution in [-0.4, -0.2) is 36.6 Å². The zero-order chi connectivity index (χ0) is 24.3. The molecule has 35 heavy (non-hydrogen) atoms. The average molecular weight is 469 g/mol. The number of carbonyl (C=O) groups is 2. The van der Waals surface area contributed by atoms with Gasteiger partial charge < -0.3 is 25.1 Å². The van der Waals surface area contributed by atoms with E-state index in [4.69, 9.17) is 14.9 Å². The monoisotopic (exact) mass is 468 g/mol. The summed E-state index contributed by atoms with van der Waals surface area (Å²) in [5.74, 6) is 0.239. The minimum Gasteiger partial charge on any atom is -0.455 e. The van der Waals surface area contributed by atoms with Crippen LogP contribution in [0.4, 0.5) is 11.5 Å². The van der Waals surface area contributed by atoms with Gasteiger partial charge in [0.1, 0.15) is 23.6 Å². The van der Waals surface area contributed by atoms with Gasteiger partial charge in [-0.15, -0.1) is 0 Å². The maximum atomic E-state index is 13.0. The predicted octanol–water partition coefficient (Wildman–Crippen LogP) is 4.06. The Morgan fingerprint density at radius 2 is 1.80 bits per heavy atom. The number of nitrogen functional groups attached to an aromatic ring is 1. The molecule has 2 aromatic carbocycles. The molecule has 0 saturated carbocycles. The van der Waals surface area contributed by atoms with Crippen LogP contribution in [0.5, 0.6) is 0 Å². The number of pyridine rings is 1. The fourth-order valence-electron chi connectivity index (χ4n) is 4.99. The van der Waals surface area contributed by atoms with Gasteiger partial charge in [-0.2, -0.15) is 0 Å². The van der Waals surface area contributed by atoms with Crippen molar-refractivity contribution in [3.63, 3.8) is 0 Å². The molecule has 8 heteroatoms. The van der Waals surface area contributed by atoms with E-state index in [0.29, 0.717) is 31.1 Å². The third kappa shape index (κ3) is 3.45. The quantitative estimate of drug-likeness (QED) is 0.385. The molecule has 2 bridgehead atoms. The molecule has 1 aliphatic heterocycles. The largest absolute Gasteiger partial charge is 0.455 e. The summed E-state index contributed by atoms with van der Waals surface area (Å²) in [7, 11) is 0. The second-order valence-electron chi connectivity index (χ2n) is 8.96. The van der Waals surface area contributed by atoms with Gasteiger partial charge in [-0.1, -0.05) is 0 Å². The number of nitrogens with two attached hydrogens (primary N) is 1. The molecule has 2 amide bonds. The number of rotatable bonds is 4. The van der Waals surface area contributed by atoms with E-state index in [1.807, 2.05) is 56.3 Å². The summed E-state index contributed by atoms with van der Waals surface area (Å²) in [5.41, 5.74) is 11.4. The number of furan rings is 2. The van der Waals surface area contributed by atoms with Crippen molar-refractivity contribution in [3.8, 4) is 0 Å². The summed E-state index contributed by atoms with van der Waals surface area (Å²) in [6.45, 7) is 5.34. The van der Waals surface area contributed by atoms with Gasteiger partial charge in [0.25, 0.3) is 11.8 Å². The van der Waals surface area contributed by atoms with Crippen LogP contribution >= 0.6 is 0 Å². The molecular weight excluding hydrogens is 444 g/mol. The highest BCUT2D eigenvalue weighted by Gasteiger charge is 2.23. The van der Waals surface area contributed by atoms with Gasteiger partial charge in [0.05, 0.1) is 6.61 Å². The second kappa shape index (κ2) is 7.95. The van der Waals surface area contributed by atoms with E-state index in [0.717, 1.165) is 55.2 Å². The highest BCUT2D eigenvalue weighted by molar-refractivity contribution is 6.26. The Bertz CT molecular complexity index is 1610. The Balaban J connectivity index is 1.33. The van der Waals surface area contributed by atoms with E-state index in [-0.39, 0.29) is 18.4 Å². The lowest BCUT2D eigenvalue weighted by molar-refractivity contribution is -0.125. The second-order valence-corrected chi connectivity index (χ2v) is 8.96. The first kappa shape index (κ1) is 21.4. The zero-order valence-electron chi connectivity index (χ0n) is 19.5. The van der Waals surface area contributed by atoms with Gasteiger partial charge in [0.15, 0.2) is 0 Å². The summed E-state index contributed by atoms with van der Waals surface area (Å²) in [6.07, 6.45) is 0. The van der Waals surface area contributed by atoms with E-state index in [9.17, 15) is 9.59 Å². The number of hydrogen-bond acceptors (Lipinski definition) is 6. The predicted molar refractivity (Wildman–Crippen MR) is 135 cm³/mol. The number of ether oxygens (including phenoxy) is 1. The Labute approximate surface area is 201 Å². The lowest BCUT2D eigenvalue weighted by atomic mass is 10.0. The third-order valence-corrected chi connectivity index (χ3v) is 6.76. The number of aromatic nitrogens is 1. The van der Waals surface area contributed by atoms with Crippen molar-refractivity contribution >= 4 is 56.0 Å². The molecule has 0 unspecified atom stereocenters. The number of carbonyl (C=O) groups excluding carboxylic acids is 2. The highest BCUT2D eigenvalue weighted by atomic mass is 16.5. The van der Waals surface area contributed by atoms with Crippen molar-refractivity contribution in [2.24, 2.45) is 0 Å². The number of hydrogen-bond donors (Lipinski definition) is 2. The molecule has 5 aromatic rings. The number of benzene rings is 3. The highest BCUT2D eigenvalue weighted by Crippen LogP contribution is 2.42. The van der Waals surface area contributed by atoms with Crippen LogP contribution in [0.1, 0.15) is 27.2 Å². The molecular formula is C27H24N4O4. The Morgan fingerprint density at radius 3 is 2.57 bits per heavy atom. The first-order valence-corrected chi connectivity index (χ1v) is 11.5. The SMILES string of the molecule is Cc1cc(N)nc(C)c1CNC(=O)c1ccc2c(c1)c1oc2c2ccc(N3CCOCC3=O)cc21. The van der Waals surface area contributed by atoms with Gasteiger partial charge in [0, 0.05) is 51.6 Å². The van der Waals surface area contributed by atoms with Crippen molar-refractivity contribution < 1.29 is 18.7 Å². The summed E-state index contributed by atoms with van der Waals surface area (Å²) < 4.78 is 11.4. The van der Waals surface area contributed by atoms with Crippen LogP contribution in [0.15, 0.2) is 46.9 Å². The molecule has 6 rings (SSSR count). The van der Waals surface area contributed by atoms with Gasteiger partial charge in [-0.05, 0) is 67.4 Å². The number of aryl methyl sites for hydroxylation is 2. The van der Waals surface area contributed by atoms with E-state index in [1.54, 1.807) is 4.90 Å². The molecule has 0 spiro atoms. The topological polar surface area (TPSA) is 111 Å². The van der Waals surface area contributed by atoms with Crippen molar-refractivity contribution in [3.05, 3.63) is 64.8 Å². The molecule has 0 aliphatic carbocycles. The average Bonchev–Trinajstić information content (AvgIpc) is 3.40. The molecule has 0 atom stereocenters. The molecule has 4 heterocycles. The molecule has 8 nitrogen and oxygen atoms in total. The van der Waals surface area contributed by atoms with Crippen LogP contribution in [0.2, 0.25) is 0 Å². The van der Waals surface area contributed by atoms with Gasteiger partial charge in [-0.3, -0.25) is 9.59 Å². The Morgan fingerprint density at radius 1 is 1.06 bits per heavy atom. The van der Waals surface area contributed by atoms with Crippen LogP contribution in [-0.2, 0) is 16.1 Å². The standard InChI is InChI=1S/C27H24N4O4/c1-14-9-23(28)30-15(2)22(14)12-29-27(33)16-3-5-18-20(10-16)26-21-11-17(4-6-19(21)25(18)35-26)31-7-8-34-13-24(31)32/h3-6,9-11H,7-8,12-13H2,1-2H3,(H2,28,30)(H,29,33). The van der Waals surface area contributed by atoms with E-state index in [1.165, 1.54) is 0 Å². The molecule has 3 aromatic heterocycles. The van der Waals surface area contributed by atoms with Crippen molar-refractivity contribution in [2.45, 2.75) is 20.4 Å². The molecule has 176 valence electrons. The number of morpholine rings is 1. The van der Waals surface area contributed by atoms with E-state index < -0.39 is 0 Å². The normalized spacial score (nSPS) is 14.5. The minimum atomic E-state index is -0.176. The van der Waals surface area contributed by atoms with Crippen LogP contribution in [0.25, 0.3) is 32.7 Å². The lowest BCUT2D eigenvalue weighted by Gasteiger charge is -2.26. The maximum Gasteiger partial charge on any atom is 0.253 e. The summed E-state index contributed by atoms with van der Waals surface area (Å²) in [4.78, 5) is 31.3. The van der Waals surface area contributed by atoms with Crippen molar-refractivity contribution in [1.29, 1.82) is 0 Å². The van der Waals surface area contributed by atoms with Gasteiger partial charge in [-0.25, -0.2) is 4.98 Å². The maximum absolute atomic E-state index is 13.0. The lowest BCUT2D eigenvalue weighted by Crippen LogP contribution is -2.41. The summed E-state index contributed by atoms with van der Waals surface area (Å²) in [5, 5.41) is 6.77. The summed E-state index contributed by atoms with van der Waals surface area (Å²) >= 11 is 0. The number of amides is 2. The van der Waals surface area contributed by atoms with Crippen LogP contribution < -0.4 is 16.0 Å². The zero-order valence-corrected chi connectivity index (χ0v) is 19.5. The molecule has 1 saturated heterocycles. The smallest absolute Gasteiger partial charge is 0.253 e. The van der Waals surface area contributed by atoms with Gasteiger partial charge >= 0.3 is 0 Å². The van der Waals surface area contributed by atoms with Crippen molar-refractivity contribution in [2.75, 3.05) is 30.4 Å².